The maximum atomic E-state index is 13.3. The highest BCUT2D eigenvalue weighted by atomic mass is 16.2. The average Bonchev–Trinajstić information content (AvgIpc) is 3.00. The van der Waals surface area contributed by atoms with Crippen LogP contribution >= 0.6 is 0 Å². The lowest BCUT2D eigenvalue weighted by Crippen LogP contribution is -2.30. The molecule has 5 rings (SSSR count). The van der Waals surface area contributed by atoms with Gasteiger partial charge in [0.15, 0.2) is 0 Å². The smallest absolute Gasteiger partial charge is 0.259 e. The Bertz CT molecular complexity index is 1490. The fraction of sp³-hybridized carbons (Fsp3) is 0.0625. The first-order valence-corrected chi connectivity index (χ1v) is 12.6. The maximum absolute atomic E-state index is 13.3. The molecule has 2 aromatic heterocycles. The van der Waals surface area contributed by atoms with Gasteiger partial charge in [0, 0.05) is 49.0 Å². The van der Waals surface area contributed by atoms with Gasteiger partial charge in [-0.05, 0) is 42.5 Å². The summed E-state index contributed by atoms with van der Waals surface area (Å²) in [6.07, 6.45) is 3.19. The number of rotatable bonds is 6. The molecule has 0 saturated heterocycles. The minimum atomic E-state index is -0.187. The molecule has 0 unspecified atom stereocenters. The van der Waals surface area contributed by atoms with E-state index in [1.54, 1.807) is 48.4 Å². The number of hydrogen-bond donors (Lipinski definition) is 0. The zero-order valence-corrected chi connectivity index (χ0v) is 22.1. The van der Waals surface area contributed by atoms with E-state index in [9.17, 15) is 9.59 Å². The Balaban J connectivity index is 1.34. The number of amides is 2. The molecule has 0 aliphatic heterocycles. The van der Waals surface area contributed by atoms with Crippen molar-refractivity contribution < 1.29 is 9.59 Å². The lowest BCUT2D eigenvalue weighted by Gasteiger charge is -2.23. The van der Waals surface area contributed by atoms with Gasteiger partial charge in [0.2, 0.25) is 0 Å². The molecule has 39 heavy (non-hydrogen) atoms. The van der Waals surface area contributed by atoms with E-state index in [0.717, 1.165) is 28.0 Å². The topological polar surface area (TPSA) is 66.4 Å². The number of aromatic nitrogens is 2. The SMILES string of the molecule is Bc1cc(N(C)C(=O)c2ccc(-c3ccccc3)nc2)cc(N(C)C(=O)c2ccc(-c3ccccc3)nc2)c1. The zero-order chi connectivity index (χ0) is 27.4. The van der Waals surface area contributed by atoms with Crippen LogP contribution in [0.1, 0.15) is 20.7 Å². The van der Waals surface area contributed by atoms with Crippen molar-refractivity contribution in [2.24, 2.45) is 0 Å². The summed E-state index contributed by atoms with van der Waals surface area (Å²) < 4.78 is 0. The van der Waals surface area contributed by atoms with Gasteiger partial charge in [0.25, 0.3) is 11.8 Å². The quantitative estimate of drug-likeness (QED) is 0.313. The molecule has 6 nitrogen and oxygen atoms in total. The highest BCUT2D eigenvalue weighted by Gasteiger charge is 2.19. The third-order valence-electron chi connectivity index (χ3n) is 6.59. The van der Waals surface area contributed by atoms with Gasteiger partial charge >= 0.3 is 0 Å². The molecule has 0 aliphatic rings. The van der Waals surface area contributed by atoms with Crippen molar-refractivity contribution in [3.05, 3.63) is 127 Å². The molecule has 0 N–H and O–H groups in total. The standard InChI is InChI=1S/C32H27BN4O2/c1-36(31(38)24-13-15-29(34-20-24)22-9-5-3-6-10-22)27-17-26(33)18-28(19-27)37(2)32(39)25-14-16-30(35-21-25)23-11-7-4-8-12-23/h3-21H,33H2,1-2H3. The van der Waals surface area contributed by atoms with Gasteiger partial charge in [-0.3, -0.25) is 19.6 Å². The van der Waals surface area contributed by atoms with Crippen molar-refractivity contribution >= 4 is 36.5 Å². The van der Waals surface area contributed by atoms with Crippen LogP contribution < -0.4 is 15.3 Å². The molecule has 2 amide bonds. The van der Waals surface area contributed by atoms with E-state index in [-0.39, 0.29) is 11.8 Å². The second-order valence-corrected chi connectivity index (χ2v) is 9.35. The number of hydrogen-bond acceptors (Lipinski definition) is 4. The molecular weight excluding hydrogens is 483 g/mol. The van der Waals surface area contributed by atoms with Crippen molar-refractivity contribution in [3.8, 4) is 22.5 Å². The fourth-order valence-corrected chi connectivity index (χ4v) is 4.35. The Morgan fingerprint density at radius 1 is 0.590 bits per heavy atom. The minimum absolute atomic E-state index is 0.187. The first-order valence-electron chi connectivity index (χ1n) is 12.6. The summed E-state index contributed by atoms with van der Waals surface area (Å²) in [6.45, 7) is 0. The molecule has 3 aromatic carbocycles. The summed E-state index contributed by atoms with van der Waals surface area (Å²) in [7, 11) is 5.39. The molecule has 0 spiro atoms. The van der Waals surface area contributed by atoms with E-state index < -0.39 is 0 Å². The van der Waals surface area contributed by atoms with Gasteiger partial charge in [-0.2, -0.15) is 0 Å². The second kappa shape index (κ2) is 11.1. The highest BCUT2D eigenvalue weighted by Crippen LogP contribution is 2.24. The van der Waals surface area contributed by atoms with Crippen molar-refractivity contribution in [2.45, 2.75) is 0 Å². The molecule has 7 heteroatoms. The van der Waals surface area contributed by atoms with Crippen LogP contribution in [0.3, 0.4) is 0 Å². The van der Waals surface area contributed by atoms with E-state index >= 15 is 0 Å². The lowest BCUT2D eigenvalue weighted by molar-refractivity contribution is 0.0986. The van der Waals surface area contributed by atoms with Gasteiger partial charge in [0.05, 0.1) is 22.5 Å². The molecule has 0 fully saturated rings. The molecule has 0 bridgehead atoms. The normalized spacial score (nSPS) is 10.6. The van der Waals surface area contributed by atoms with E-state index in [2.05, 4.69) is 9.97 Å². The summed E-state index contributed by atoms with van der Waals surface area (Å²) in [5.74, 6) is -0.373. The first kappa shape index (κ1) is 25.6. The zero-order valence-electron chi connectivity index (χ0n) is 22.1. The highest BCUT2D eigenvalue weighted by molar-refractivity contribution is 6.33. The summed E-state index contributed by atoms with van der Waals surface area (Å²) in [4.78, 5) is 38.7. The Morgan fingerprint density at radius 2 is 1.00 bits per heavy atom. The molecule has 0 atom stereocenters. The van der Waals surface area contributed by atoms with E-state index in [0.29, 0.717) is 22.5 Å². The van der Waals surface area contributed by atoms with Gasteiger partial charge < -0.3 is 9.80 Å². The molecule has 0 saturated carbocycles. The summed E-state index contributed by atoms with van der Waals surface area (Å²) in [6, 6.07) is 32.6. The van der Waals surface area contributed by atoms with Crippen LogP contribution in [0.5, 0.6) is 0 Å². The predicted molar refractivity (Wildman–Crippen MR) is 159 cm³/mol. The molecule has 190 valence electrons. The van der Waals surface area contributed by atoms with Crippen LogP contribution in [0.15, 0.2) is 116 Å². The fourth-order valence-electron chi connectivity index (χ4n) is 4.35. The third-order valence-corrected chi connectivity index (χ3v) is 6.59. The lowest BCUT2D eigenvalue weighted by atomic mass is 9.94. The van der Waals surface area contributed by atoms with Crippen molar-refractivity contribution in [1.82, 2.24) is 9.97 Å². The molecule has 0 radical (unpaired) electrons. The predicted octanol–water partition coefficient (Wildman–Crippen LogP) is 4.62. The van der Waals surface area contributed by atoms with Gasteiger partial charge in [-0.15, -0.1) is 0 Å². The Kier molecular flexibility index (Phi) is 7.32. The number of benzene rings is 3. The van der Waals surface area contributed by atoms with Gasteiger partial charge in [-0.25, -0.2) is 0 Å². The Hall–Kier alpha value is -5.04. The molecule has 2 heterocycles. The van der Waals surface area contributed by atoms with Crippen LogP contribution in [0.4, 0.5) is 11.4 Å². The van der Waals surface area contributed by atoms with E-state index in [1.165, 1.54) is 0 Å². The van der Waals surface area contributed by atoms with Crippen LogP contribution in [0.2, 0.25) is 0 Å². The van der Waals surface area contributed by atoms with E-state index in [1.807, 2.05) is 98.8 Å². The second-order valence-electron chi connectivity index (χ2n) is 9.35. The van der Waals surface area contributed by atoms with Crippen molar-refractivity contribution in [2.75, 3.05) is 23.9 Å². The Morgan fingerprint density at radius 3 is 1.36 bits per heavy atom. The largest absolute Gasteiger partial charge is 0.311 e. The number of nitrogens with zero attached hydrogens (tertiary/aromatic N) is 4. The number of anilines is 2. The van der Waals surface area contributed by atoms with Gasteiger partial charge in [-0.1, -0.05) is 66.1 Å². The first-order chi connectivity index (χ1) is 18.9. The minimum Gasteiger partial charge on any atom is -0.311 e. The van der Waals surface area contributed by atoms with Crippen LogP contribution in [-0.2, 0) is 0 Å². The van der Waals surface area contributed by atoms with Crippen molar-refractivity contribution in [3.63, 3.8) is 0 Å². The van der Waals surface area contributed by atoms with Crippen LogP contribution in [-0.4, -0.2) is 43.7 Å². The molecular formula is C32H27BN4O2. The number of carbonyl (C=O) groups excluding carboxylic acids is 2. The van der Waals surface area contributed by atoms with E-state index in [4.69, 9.17) is 0 Å². The average molecular weight is 510 g/mol. The summed E-state index contributed by atoms with van der Waals surface area (Å²) in [5, 5.41) is 0. The molecule has 0 aliphatic carbocycles. The van der Waals surface area contributed by atoms with Crippen LogP contribution in [0.25, 0.3) is 22.5 Å². The van der Waals surface area contributed by atoms with Crippen molar-refractivity contribution in [1.29, 1.82) is 0 Å². The number of pyridine rings is 2. The monoisotopic (exact) mass is 510 g/mol. The van der Waals surface area contributed by atoms with Crippen LogP contribution in [0, 0.1) is 0 Å². The third kappa shape index (κ3) is 5.62. The Labute approximate surface area is 229 Å². The van der Waals surface area contributed by atoms with Gasteiger partial charge in [0.1, 0.15) is 7.85 Å². The maximum Gasteiger partial charge on any atom is 0.259 e. The summed E-state index contributed by atoms with van der Waals surface area (Å²) in [5.41, 5.74) is 6.84. The number of carbonyl (C=O) groups is 2. The summed E-state index contributed by atoms with van der Waals surface area (Å²) >= 11 is 0. The molecule has 5 aromatic rings.